The number of benzene rings is 4. The number of carbonyl (C=O) groups is 2. The Morgan fingerprint density at radius 2 is 1.42 bits per heavy atom. The van der Waals surface area contributed by atoms with Crippen molar-refractivity contribution in [2.24, 2.45) is 0 Å². The lowest BCUT2D eigenvalue weighted by atomic mass is 10.1. The molecule has 2 N–H and O–H groups in total. The average Bonchev–Trinajstić information content (AvgIpc) is 2.88. The Labute approximate surface area is 218 Å². The van der Waals surface area contributed by atoms with E-state index in [2.05, 4.69) is 10.6 Å². The number of ether oxygens (including phenoxy) is 1. The highest BCUT2D eigenvalue weighted by atomic mass is 35.5. The summed E-state index contributed by atoms with van der Waals surface area (Å²) >= 11 is 12.3. The maximum atomic E-state index is 13.7. The molecule has 0 aliphatic carbocycles. The molecular weight excluding hydrogens is 502 g/mol. The van der Waals surface area contributed by atoms with E-state index < -0.39 is 17.8 Å². The van der Waals surface area contributed by atoms with Crippen LogP contribution in [-0.4, -0.2) is 11.9 Å². The lowest BCUT2D eigenvalue weighted by Crippen LogP contribution is -2.35. The third-order valence-corrected chi connectivity index (χ3v) is 5.65. The van der Waals surface area contributed by atoms with E-state index in [4.69, 9.17) is 27.9 Å². The van der Waals surface area contributed by atoms with Crippen molar-refractivity contribution in [2.45, 2.75) is 13.8 Å². The van der Waals surface area contributed by atoms with Crippen molar-refractivity contribution in [3.63, 3.8) is 0 Å². The number of carbonyl (C=O) groups excluding carboxylic acids is 2. The highest BCUT2D eigenvalue weighted by molar-refractivity contribution is 6.33. The van der Waals surface area contributed by atoms with Crippen molar-refractivity contribution in [3.8, 4) is 11.5 Å². The van der Waals surface area contributed by atoms with Gasteiger partial charge < -0.3 is 10.1 Å². The molecule has 0 spiro atoms. The van der Waals surface area contributed by atoms with Crippen LogP contribution in [0.25, 0.3) is 0 Å². The Kier molecular flexibility index (Phi) is 9.45. The number of hydrogen-bond donors (Lipinski definition) is 2. The van der Waals surface area contributed by atoms with Crippen LogP contribution < -0.4 is 15.4 Å². The minimum Gasteiger partial charge on any atom is -0.456 e. The molecule has 0 radical (unpaired) electrons. The molecule has 4 aromatic rings. The molecule has 0 heterocycles. The number of nitrogens with one attached hydrogen (secondary N) is 2. The minimum absolute atomic E-state index is 0.231. The van der Waals surface area contributed by atoms with Crippen LogP contribution in [0.3, 0.4) is 0 Å². The molecule has 0 aliphatic rings. The summed E-state index contributed by atoms with van der Waals surface area (Å²) in [5, 5.41) is 5.54. The number of aryl methyl sites for hydroxylation is 1. The molecule has 8 heteroatoms. The Balaban J connectivity index is 0.000000526. The van der Waals surface area contributed by atoms with E-state index in [1.54, 1.807) is 44.2 Å². The largest absolute Gasteiger partial charge is 0.456 e. The summed E-state index contributed by atoms with van der Waals surface area (Å²) in [5.74, 6) is -0.585. The number of urea groups is 1. The van der Waals surface area contributed by atoms with E-state index in [-0.39, 0.29) is 5.56 Å². The number of halogens is 3. The van der Waals surface area contributed by atoms with Crippen molar-refractivity contribution < 1.29 is 18.7 Å². The fraction of sp³-hybridized carbons (Fsp3) is 0.0714. The van der Waals surface area contributed by atoms with Crippen molar-refractivity contribution in [3.05, 3.63) is 124 Å². The summed E-state index contributed by atoms with van der Waals surface area (Å²) in [7, 11) is 0. The zero-order chi connectivity index (χ0) is 26.1. The average molecular weight is 525 g/mol. The van der Waals surface area contributed by atoms with Crippen LogP contribution in [0.4, 0.5) is 14.9 Å². The maximum absolute atomic E-state index is 13.7. The van der Waals surface area contributed by atoms with Crippen molar-refractivity contribution in [1.82, 2.24) is 5.32 Å². The van der Waals surface area contributed by atoms with Gasteiger partial charge in [0.05, 0.1) is 10.6 Å². The first-order chi connectivity index (χ1) is 17.3. The first kappa shape index (κ1) is 26.7. The smallest absolute Gasteiger partial charge is 0.326 e. The van der Waals surface area contributed by atoms with Gasteiger partial charge in [0.15, 0.2) is 0 Å². The van der Waals surface area contributed by atoms with E-state index in [0.29, 0.717) is 38.4 Å². The SMILES string of the molecule is Cc1cc(NC(=O)NC(=O)c2ccccc2F)c(C)c(Cl)c1Oc1ccc(Cl)cc1.c1ccccc1. The summed E-state index contributed by atoms with van der Waals surface area (Å²) in [6.45, 7) is 3.47. The van der Waals surface area contributed by atoms with Crippen LogP contribution in [0, 0.1) is 19.7 Å². The zero-order valence-corrected chi connectivity index (χ0v) is 21.0. The molecule has 0 bridgehead atoms. The molecule has 0 fully saturated rings. The van der Waals surface area contributed by atoms with E-state index in [1.807, 2.05) is 36.4 Å². The molecule has 4 aromatic carbocycles. The molecule has 184 valence electrons. The molecule has 0 unspecified atom stereocenters. The zero-order valence-electron chi connectivity index (χ0n) is 19.5. The van der Waals surface area contributed by atoms with Gasteiger partial charge in [0.1, 0.15) is 17.3 Å². The molecule has 36 heavy (non-hydrogen) atoms. The van der Waals surface area contributed by atoms with Crippen molar-refractivity contribution in [2.75, 3.05) is 5.32 Å². The Morgan fingerprint density at radius 3 is 2.00 bits per heavy atom. The van der Waals surface area contributed by atoms with Crippen molar-refractivity contribution >= 4 is 40.8 Å². The second-order valence-electron chi connectivity index (χ2n) is 7.61. The molecule has 4 rings (SSSR count). The van der Waals surface area contributed by atoms with Crippen LogP contribution in [0.5, 0.6) is 11.5 Å². The van der Waals surface area contributed by atoms with Gasteiger partial charge in [0.25, 0.3) is 5.91 Å². The molecule has 5 nitrogen and oxygen atoms in total. The van der Waals surface area contributed by atoms with Gasteiger partial charge in [-0.15, -0.1) is 0 Å². The van der Waals surface area contributed by atoms with Gasteiger partial charge in [-0.2, -0.15) is 0 Å². The van der Waals surface area contributed by atoms with E-state index in [9.17, 15) is 14.0 Å². The molecule has 0 saturated heterocycles. The van der Waals surface area contributed by atoms with Crippen LogP contribution in [0.2, 0.25) is 10.0 Å². The van der Waals surface area contributed by atoms with E-state index >= 15 is 0 Å². The van der Waals surface area contributed by atoms with Crippen LogP contribution in [0.15, 0.2) is 91.0 Å². The predicted molar refractivity (Wildman–Crippen MR) is 142 cm³/mol. The summed E-state index contributed by atoms with van der Waals surface area (Å²) in [4.78, 5) is 24.3. The lowest BCUT2D eigenvalue weighted by Gasteiger charge is -2.17. The number of rotatable bonds is 4. The predicted octanol–water partition coefficient (Wildman–Crippen LogP) is 8.19. The van der Waals surface area contributed by atoms with Gasteiger partial charge >= 0.3 is 6.03 Å². The van der Waals surface area contributed by atoms with Crippen LogP contribution in [-0.2, 0) is 0 Å². The monoisotopic (exact) mass is 524 g/mol. The van der Waals surface area contributed by atoms with Gasteiger partial charge in [0.2, 0.25) is 0 Å². The van der Waals surface area contributed by atoms with E-state index in [1.165, 1.54) is 18.2 Å². The Bertz CT molecular complexity index is 1320. The summed E-state index contributed by atoms with van der Waals surface area (Å²) < 4.78 is 19.6. The van der Waals surface area contributed by atoms with Gasteiger partial charge in [0, 0.05) is 10.7 Å². The second-order valence-corrected chi connectivity index (χ2v) is 8.42. The maximum Gasteiger partial charge on any atom is 0.326 e. The van der Waals surface area contributed by atoms with Gasteiger partial charge in [-0.1, -0.05) is 71.7 Å². The topological polar surface area (TPSA) is 67.4 Å². The summed E-state index contributed by atoms with van der Waals surface area (Å²) in [6, 6.07) is 25.0. The molecule has 0 aliphatic heterocycles. The first-order valence-electron chi connectivity index (χ1n) is 10.9. The first-order valence-corrected chi connectivity index (χ1v) is 11.6. The Morgan fingerprint density at radius 1 is 0.833 bits per heavy atom. The standard InChI is InChI=1S/C22H17Cl2FN2O3.C6H6/c1-12-11-18(26-22(29)27-21(28)16-5-3-4-6-17(16)25)13(2)19(24)20(12)30-15-9-7-14(23)8-10-15;1-2-4-6-5-3-1/h3-11H,1-2H3,(H2,26,27,28,29);1-6H. The molecule has 0 aromatic heterocycles. The quantitative estimate of drug-likeness (QED) is 0.282. The second kappa shape index (κ2) is 12.7. The number of imide groups is 1. The molecule has 3 amide bonds. The summed E-state index contributed by atoms with van der Waals surface area (Å²) in [5.41, 5.74) is 1.36. The number of anilines is 1. The fourth-order valence-corrected chi connectivity index (χ4v) is 3.50. The van der Waals surface area contributed by atoms with Gasteiger partial charge in [-0.25, -0.2) is 9.18 Å². The van der Waals surface area contributed by atoms with Crippen LogP contribution in [0.1, 0.15) is 21.5 Å². The van der Waals surface area contributed by atoms with Gasteiger partial charge in [-0.3, -0.25) is 10.1 Å². The summed E-state index contributed by atoms with van der Waals surface area (Å²) in [6.07, 6.45) is 0. The van der Waals surface area contributed by atoms with Crippen LogP contribution >= 0.6 is 23.2 Å². The van der Waals surface area contributed by atoms with E-state index in [0.717, 1.165) is 6.07 Å². The lowest BCUT2D eigenvalue weighted by molar-refractivity contribution is 0.0963. The number of hydrogen-bond acceptors (Lipinski definition) is 3. The fourth-order valence-electron chi connectivity index (χ4n) is 3.08. The molecule has 0 atom stereocenters. The highest BCUT2D eigenvalue weighted by Crippen LogP contribution is 2.39. The third kappa shape index (κ3) is 7.31. The molecular formula is C28H23Cl2FN2O3. The van der Waals surface area contributed by atoms with Gasteiger partial charge in [-0.05, 0) is 67.4 Å². The Hall–Kier alpha value is -3.87. The van der Waals surface area contributed by atoms with Crippen molar-refractivity contribution in [1.29, 1.82) is 0 Å². The number of amides is 3. The normalized spacial score (nSPS) is 10.0. The highest BCUT2D eigenvalue weighted by Gasteiger charge is 2.18. The molecule has 0 saturated carbocycles. The third-order valence-electron chi connectivity index (χ3n) is 4.95. The minimum atomic E-state index is -0.853.